The van der Waals surface area contributed by atoms with Crippen LogP contribution in [0, 0.1) is 5.92 Å². The first kappa shape index (κ1) is 25.8. The highest BCUT2D eigenvalue weighted by Crippen LogP contribution is 2.31. The fourth-order valence-corrected chi connectivity index (χ4v) is 5.66. The highest BCUT2D eigenvalue weighted by Gasteiger charge is 2.27. The molecule has 1 fully saturated rings. The van der Waals surface area contributed by atoms with Crippen molar-refractivity contribution in [1.29, 1.82) is 0 Å². The van der Waals surface area contributed by atoms with E-state index < -0.39 is 0 Å². The lowest BCUT2D eigenvalue weighted by molar-refractivity contribution is -0.121. The number of aromatic nitrogens is 2. The molecule has 0 radical (unpaired) electrons. The van der Waals surface area contributed by atoms with Gasteiger partial charge in [-0.15, -0.1) is 11.8 Å². The zero-order valence-corrected chi connectivity index (χ0v) is 22.4. The second-order valence-corrected chi connectivity index (χ2v) is 10.8. The number of carbonyl (C=O) groups is 1. The molecule has 1 aliphatic rings. The van der Waals surface area contributed by atoms with Crippen LogP contribution in [-0.2, 0) is 17.1 Å². The summed E-state index contributed by atoms with van der Waals surface area (Å²) in [5.74, 6) is 1.70. The van der Waals surface area contributed by atoms with Gasteiger partial charge >= 0.3 is 0 Å². The van der Waals surface area contributed by atoms with Gasteiger partial charge in [-0.1, -0.05) is 64.8 Å². The highest BCUT2D eigenvalue weighted by atomic mass is 35.5. The monoisotopic (exact) mass is 552 g/mol. The predicted molar refractivity (Wildman–Crippen MR) is 149 cm³/mol. The maximum absolute atomic E-state index is 13.2. The van der Waals surface area contributed by atoms with E-state index >= 15 is 0 Å². The highest BCUT2D eigenvalue weighted by molar-refractivity contribution is 7.98. The molecule has 9 heteroatoms. The second-order valence-electron chi connectivity index (χ2n) is 8.97. The Morgan fingerprint density at radius 3 is 2.68 bits per heavy atom. The molecule has 0 spiro atoms. The van der Waals surface area contributed by atoms with Crippen LogP contribution in [-0.4, -0.2) is 34.0 Å². The topological polar surface area (TPSA) is 71.3 Å². The third kappa shape index (κ3) is 6.73. The number of piperidine rings is 1. The van der Waals surface area contributed by atoms with Crippen LogP contribution in [0.3, 0.4) is 0 Å². The van der Waals surface area contributed by atoms with Crippen molar-refractivity contribution in [3.8, 4) is 11.4 Å². The van der Waals surface area contributed by atoms with Gasteiger partial charge in [0.15, 0.2) is 0 Å². The first-order valence-electron chi connectivity index (χ1n) is 12.1. The molecule has 190 valence electrons. The number of thioether (sulfide) groups is 1. The second kappa shape index (κ2) is 12.1. The molecule has 4 aromatic rings. The predicted octanol–water partition coefficient (Wildman–Crippen LogP) is 7.19. The molecule has 3 aromatic carbocycles. The molecule has 1 aromatic heterocycles. The van der Waals surface area contributed by atoms with E-state index in [1.54, 1.807) is 17.8 Å². The molecule has 5 rings (SSSR count). The van der Waals surface area contributed by atoms with Crippen LogP contribution in [0.2, 0.25) is 10.0 Å². The van der Waals surface area contributed by atoms with E-state index in [1.807, 2.05) is 66.7 Å². The molecule has 1 saturated heterocycles. The van der Waals surface area contributed by atoms with Crippen LogP contribution in [0.15, 0.2) is 82.2 Å². The molecule has 37 heavy (non-hydrogen) atoms. The maximum Gasteiger partial charge on any atom is 0.241 e. The lowest BCUT2D eigenvalue weighted by atomic mass is 9.97. The zero-order valence-electron chi connectivity index (χ0n) is 20.1. The molecule has 0 bridgehead atoms. The molecular formula is C28H26Cl2N4O2S. The summed E-state index contributed by atoms with van der Waals surface area (Å²) in [7, 11) is 0. The summed E-state index contributed by atoms with van der Waals surface area (Å²) in [5.41, 5.74) is 2.75. The number of hydrogen-bond acceptors (Lipinski definition) is 6. The van der Waals surface area contributed by atoms with Gasteiger partial charge in [-0.2, -0.15) is 4.98 Å². The number of nitrogens with zero attached hydrogens (tertiary/aromatic N) is 3. The summed E-state index contributed by atoms with van der Waals surface area (Å²) in [6.07, 6.45) is 1.77. The lowest BCUT2D eigenvalue weighted by Crippen LogP contribution is -2.40. The van der Waals surface area contributed by atoms with Crippen molar-refractivity contribution in [3.63, 3.8) is 0 Å². The van der Waals surface area contributed by atoms with Crippen molar-refractivity contribution < 1.29 is 9.32 Å². The van der Waals surface area contributed by atoms with E-state index in [4.69, 9.17) is 27.7 Å². The fourth-order valence-electron chi connectivity index (χ4n) is 4.35. The van der Waals surface area contributed by atoms with Crippen molar-refractivity contribution in [2.24, 2.45) is 5.92 Å². The van der Waals surface area contributed by atoms with Gasteiger partial charge in [0.1, 0.15) is 0 Å². The number of amides is 1. The maximum atomic E-state index is 13.2. The Bertz CT molecular complexity index is 1360. The Hall–Kier alpha value is -2.84. The Kier molecular flexibility index (Phi) is 8.46. The number of likely N-dealkylation sites (tertiary alicyclic amines) is 1. The minimum absolute atomic E-state index is 0.0338. The number of hydrogen-bond donors (Lipinski definition) is 1. The SMILES string of the molecule is O=C(Nc1ccccc1SCc1ccc(Cl)cc1)C1CCCN(Cc2nc(-c3ccccc3Cl)no2)C1. The summed E-state index contributed by atoms with van der Waals surface area (Å²) < 4.78 is 5.48. The van der Waals surface area contributed by atoms with Gasteiger partial charge in [-0.05, 0) is 61.3 Å². The number of benzene rings is 3. The fraction of sp³-hybridized carbons (Fsp3) is 0.250. The van der Waals surface area contributed by atoms with E-state index in [0.29, 0.717) is 29.8 Å². The summed E-state index contributed by atoms with van der Waals surface area (Å²) in [4.78, 5) is 21.0. The van der Waals surface area contributed by atoms with E-state index in [2.05, 4.69) is 20.4 Å². The summed E-state index contributed by atoms with van der Waals surface area (Å²) in [6.45, 7) is 2.01. The minimum atomic E-state index is -0.117. The van der Waals surface area contributed by atoms with E-state index in [1.165, 1.54) is 5.56 Å². The van der Waals surface area contributed by atoms with Gasteiger partial charge in [-0.25, -0.2) is 0 Å². The molecule has 1 unspecified atom stereocenters. The van der Waals surface area contributed by atoms with Crippen LogP contribution in [0.25, 0.3) is 11.4 Å². The molecule has 1 atom stereocenters. The summed E-state index contributed by atoms with van der Waals surface area (Å²) >= 11 is 14.0. The van der Waals surface area contributed by atoms with Crippen LogP contribution in [0.1, 0.15) is 24.3 Å². The smallest absolute Gasteiger partial charge is 0.241 e. The van der Waals surface area contributed by atoms with Gasteiger partial charge in [0.25, 0.3) is 0 Å². The number of rotatable bonds is 8. The quantitative estimate of drug-likeness (QED) is 0.233. The Balaban J connectivity index is 1.19. The minimum Gasteiger partial charge on any atom is -0.338 e. The Morgan fingerprint density at radius 1 is 1.05 bits per heavy atom. The van der Waals surface area contributed by atoms with Gasteiger partial charge in [0.05, 0.1) is 23.2 Å². The number of para-hydroxylation sites is 1. The Morgan fingerprint density at radius 2 is 1.84 bits per heavy atom. The largest absolute Gasteiger partial charge is 0.338 e. The molecule has 0 saturated carbocycles. The molecule has 6 nitrogen and oxygen atoms in total. The average Bonchev–Trinajstić information content (AvgIpc) is 3.37. The number of carbonyl (C=O) groups excluding carboxylic acids is 1. The van der Waals surface area contributed by atoms with Crippen LogP contribution >= 0.6 is 35.0 Å². The Labute approximate surface area is 230 Å². The van der Waals surface area contributed by atoms with Crippen molar-refractivity contribution in [2.45, 2.75) is 30.0 Å². The molecule has 0 aliphatic carbocycles. The molecule has 1 aliphatic heterocycles. The van der Waals surface area contributed by atoms with Crippen molar-refractivity contribution in [3.05, 3.63) is 94.3 Å². The molecular weight excluding hydrogens is 527 g/mol. The summed E-state index contributed by atoms with van der Waals surface area (Å²) in [5, 5.41) is 8.56. The molecule has 1 N–H and O–H groups in total. The van der Waals surface area contributed by atoms with E-state index in [-0.39, 0.29) is 11.8 Å². The van der Waals surface area contributed by atoms with E-state index in [0.717, 1.165) is 46.3 Å². The van der Waals surface area contributed by atoms with Crippen LogP contribution < -0.4 is 5.32 Å². The zero-order chi connectivity index (χ0) is 25.6. The van der Waals surface area contributed by atoms with Crippen LogP contribution in [0.4, 0.5) is 5.69 Å². The van der Waals surface area contributed by atoms with Crippen molar-refractivity contribution in [2.75, 3.05) is 18.4 Å². The van der Waals surface area contributed by atoms with Gasteiger partial charge in [0, 0.05) is 27.8 Å². The first-order valence-corrected chi connectivity index (χ1v) is 13.9. The van der Waals surface area contributed by atoms with Crippen LogP contribution in [0.5, 0.6) is 0 Å². The average molecular weight is 554 g/mol. The number of anilines is 1. The van der Waals surface area contributed by atoms with Gasteiger partial charge in [-0.3, -0.25) is 9.69 Å². The number of halogens is 2. The van der Waals surface area contributed by atoms with Crippen molar-refractivity contribution in [1.82, 2.24) is 15.0 Å². The molecule has 1 amide bonds. The first-order chi connectivity index (χ1) is 18.0. The standard InChI is InChI=1S/C28H26Cl2N4O2S/c29-21-13-11-19(12-14-21)18-37-25-10-4-3-9-24(25)31-28(35)20-6-5-15-34(16-20)17-26-32-27(33-36-26)22-7-1-2-8-23(22)30/h1-4,7-14,20H,5-6,15-18H2,(H,31,35). The van der Waals surface area contributed by atoms with Gasteiger partial charge in [0.2, 0.25) is 17.6 Å². The number of nitrogens with one attached hydrogen (secondary N) is 1. The van der Waals surface area contributed by atoms with E-state index in [9.17, 15) is 4.79 Å². The molecule has 2 heterocycles. The third-order valence-corrected chi connectivity index (χ3v) is 8.00. The normalized spacial score (nSPS) is 16.0. The van der Waals surface area contributed by atoms with Gasteiger partial charge < -0.3 is 9.84 Å². The van der Waals surface area contributed by atoms with Crippen molar-refractivity contribution >= 4 is 46.6 Å². The lowest BCUT2D eigenvalue weighted by Gasteiger charge is -2.31. The third-order valence-electron chi connectivity index (χ3n) is 6.27. The summed E-state index contributed by atoms with van der Waals surface area (Å²) in [6, 6.07) is 23.2.